The number of nitrogens with one attached hydrogen (secondary N) is 1. The number of nitrogens with zero attached hydrogens (tertiary/aromatic N) is 2. The Kier molecular flexibility index (Phi) is 3.36. The minimum absolute atomic E-state index is 0.122. The SMILES string of the molecule is CC(=O)SCC=Cc1cnc2[nH]ccc2n1. The number of thioether (sulfide) groups is 1. The maximum absolute atomic E-state index is 10.7. The highest BCUT2D eigenvalue weighted by atomic mass is 32.2. The summed E-state index contributed by atoms with van der Waals surface area (Å²) in [5, 5.41) is 0.122. The number of carbonyl (C=O) groups is 1. The number of H-pyrrole nitrogens is 1. The van der Waals surface area contributed by atoms with Crippen molar-refractivity contribution in [1.29, 1.82) is 0 Å². The number of fused-ring (bicyclic) bond motifs is 1. The molecule has 0 saturated carbocycles. The van der Waals surface area contributed by atoms with E-state index in [2.05, 4.69) is 15.0 Å². The van der Waals surface area contributed by atoms with Crippen molar-refractivity contribution in [1.82, 2.24) is 15.0 Å². The molecule has 0 radical (unpaired) electrons. The van der Waals surface area contributed by atoms with E-state index in [4.69, 9.17) is 0 Å². The Hall–Kier alpha value is -1.62. The van der Waals surface area contributed by atoms with Crippen molar-refractivity contribution < 1.29 is 4.79 Å². The average molecular weight is 233 g/mol. The second-order valence-corrected chi connectivity index (χ2v) is 4.41. The van der Waals surface area contributed by atoms with Crippen LogP contribution in [-0.2, 0) is 4.79 Å². The predicted molar refractivity (Wildman–Crippen MR) is 66.1 cm³/mol. The van der Waals surface area contributed by atoms with Crippen LogP contribution in [0.4, 0.5) is 0 Å². The molecule has 0 aliphatic heterocycles. The first-order valence-electron chi connectivity index (χ1n) is 4.86. The number of rotatable bonds is 3. The van der Waals surface area contributed by atoms with E-state index in [1.807, 2.05) is 24.4 Å². The smallest absolute Gasteiger partial charge is 0.186 e. The minimum Gasteiger partial charge on any atom is -0.345 e. The summed E-state index contributed by atoms with van der Waals surface area (Å²) >= 11 is 1.28. The summed E-state index contributed by atoms with van der Waals surface area (Å²) in [6.07, 6.45) is 7.29. The first-order valence-corrected chi connectivity index (χ1v) is 5.84. The molecule has 0 spiro atoms. The van der Waals surface area contributed by atoms with E-state index in [0.29, 0.717) is 5.75 Å². The molecule has 82 valence electrons. The van der Waals surface area contributed by atoms with Crippen LogP contribution in [-0.4, -0.2) is 25.8 Å². The molecule has 5 heteroatoms. The lowest BCUT2D eigenvalue weighted by molar-refractivity contribution is -0.109. The highest BCUT2D eigenvalue weighted by molar-refractivity contribution is 8.13. The predicted octanol–water partition coefficient (Wildman–Crippen LogP) is 2.25. The molecule has 2 aromatic rings. The Labute approximate surface area is 97.2 Å². The van der Waals surface area contributed by atoms with Gasteiger partial charge < -0.3 is 4.98 Å². The normalized spacial score (nSPS) is 11.3. The molecule has 0 fully saturated rings. The highest BCUT2D eigenvalue weighted by Crippen LogP contribution is 2.08. The number of hydrogen-bond donors (Lipinski definition) is 1. The lowest BCUT2D eigenvalue weighted by atomic mass is 10.4. The molecule has 0 aliphatic rings. The molecule has 16 heavy (non-hydrogen) atoms. The van der Waals surface area contributed by atoms with Crippen molar-refractivity contribution in [3.8, 4) is 0 Å². The zero-order valence-electron chi connectivity index (χ0n) is 8.80. The summed E-state index contributed by atoms with van der Waals surface area (Å²) in [5.74, 6) is 0.669. The maximum Gasteiger partial charge on any atom is 0.186 e. The lowest BCUT2D eigenvalue weighted by Crippen LogP contribution is -1.86. The molecule has 4 nitrogen and oxygen atoms in total. The van der Waals surface area contributed by atoms with Gasteiger partial charge in [0, 0.05) is 18.9 Å². The van der Waals surface area contributed by atoms with Crippen LogP contribution in [0.5, 0.6) is 0 Å². The standard InChI is InChI=1S/C11H11N3OS/c1-8(15)16-6-2-3-9-7-13-11-10(14-9)4-5-12-11/h2-5,7H,6H2,1H3,(H,12,13). The monoisotopic (exact) mass is 233 g/mol. The fourth-order valence-electron chi connectivity index (χ4n) is 1.26. The second kappa shape index (κ2) is 4.94. The van der Waals surface area contributed by atoms with Gasteiger partial charge in [-0.2, -0.15) is 0 Å². The molecule has 0 unspecified atom stereocenters. The van der Waals surface area contributed by atoms with Gasteiger partial charge in [-0.1, -0.05) is 17.8 Å². The summed E-state index contributed by atoms with van der Waals surface area (Å²) in [6.45, 7) is 1.56. The Balaban J connectivity index is 2.06. The molecule has 0 bridgehead atoms. The summed E-state index contributed by atoms with van der Waals surface area (Å²) in [5.41, 5.74) is 2.44. The molecular formula is C11H11N3OS. The average Bonchev–Trinajstić information content (AvgIpc) is 2.71. The highest BCUT2D eigenvalue weighted by Gasteiger charge is 1.97. The molecule has 1 N–H and O–H groups in total. The van der Waals surface area contributed by atoms with E-state index in [0.717, 1.165) is 16.9 Å². The van der Waals surface area contributed by atoms with E-state index >= 15 is 0 Å². The third kappa shape index (κ3) is 2.70. The molecule has 0 amide bonds. The number of aromatic nitrogens is 3. The van der Waals surface area contributed by atoms with Crippen molar-refractivity contribution >= 4 is 34.1 Å². The quantitative estimate of drug-likeness (QED) is 0.883. The number of hydrogen-bond acceptors (Lipinski definition) is 4. The van der Waals surface area contributed by atoms with Crippen molar-refractivity contribution in [2.75, 3.05) is 5.75 Å². The van der Waals surface area contributed by atoms with Gasteiger partial charge >= 0.3 is 0 Å². The molecule has 2 aromatic heterocycles. The zero-order chi connectivity index (χ0) is 11.4. The topological polar surface area (TPSA) is 58.6 Å². The van der Waals surface area contributed by atoms with Gasteiger partial charge in [0.1, 0.15) is 5.52 Å². The zero-order valence-corrected chi connectivity index (χ0v) is 9.62. The number of carbonyl (C=O) groups excluding carboxylic acids is 1. The molecule has 0 saturated heterocycles. The lowest BCUT2D eigenvalue weighted by Gasteiger charge is -1.93. The molecule has 2 heterocycles. The van der Waals surface area contributed by atoms with E-state index in [1.165, 1.54) is 11.8 Å². The molecule has 0 aromatic carbocycles. The van der Waals surface area contributed by atoms with Crippen LogP contribution in [0.25, 0.3) is 17.2 Å². The summed E-state index contributed by atoms with van der Waals surface area (Å²) in [6, 6.07) is 1.88. The first kappa shape index (κ1) is 10.9. The third-order valence-electron chi connectivity index (χ3n) is 1.95. The van der Waals surface area contributed by atoms with E-state index in [9.17, 15) is 4.79 Å². The van der Waals surface area contributed by atoms with Crippen molar-refractivity contribution in [3.05, 3.63) is 30.2 Å². The van der Waals surface area contributed by atoms with Gasteiger partial charge in [0.2, 0.25) is 0 Å². The second-order valence-electron chi connectivity index (χ2n) is 3.21. The van der Waals surface area contributed by atoms with Crippen LogP contribution in [0, 0.1) is 0 Å². The van der Waals surface area contributed by atoms with Crippen LogP contribution < -0.4 is 0 Å². The van der Waals surface area contributed by atoms with Crippen LogP contribution in [0.15, 0.2) is 24.5 Å². The molecule has 0 aliphatic carbocycles. The van der Waals surface area contributed by atoms with Gasteiger partial charge in [0.15, 0.2) is 10.8 Å². The first-order chi connectivity index (χ1) is 7.75. The Bertz CT molecular complexity index is 533. The summed E-state index contributed by atoms with van der Waals surface area (Å²) in [4.78, 5) is 22.3. The fraction of sp³-hybridized carbons (Fsp3) is 0.182. The van der Waals surface area contributed by atoms with Crippen LogP contribution in [0.2, 0.25) is 0 Å². The molecule has 0 atom stereocenters. The third-order valence-corrected chi connectivity index (χ3v) is 2.72. The van der Waals surface area contributed by atoms with Crippen LogP contribution >= 0.6 is 11.8 Å². The molecule has 2 rings (SSSR count). The van der Waals surface area contributed by atoms with Crippen molar-refractivity contribution in [2.24, 2.45) is 0 Å². The van der Waals surface area contributed by atoms with E-state index in [-0.39, 0.29) is 5.12 Å². The van der Waals surface area contributed by atoms with Gasteiger partial charge in [0.05, 0.1) is 11.9 Å². The molecular weight excluding hydrogens is 222 g/mol. The minimum atomic E-state index is 0.122. The fourth-order valence-corrected chi connectivity index (χ4v) is 1.69. The van der Waals surface area contributed by atoms with Gasteiger partial charge in [0.25, 0.3) is 0 Å². The van der Waals surface area contributed by atoms with Crippen molar-refractivity contribution in [3.63, 3.8) is 0 Å². The maximum atomic E-state index is 10.7. The summed E-state index contributed by atoms with van der Waals surface area (Å²) < 4.78 is 0. The van der Waals surface area contributed by atoms with E-state index < -0.39 is 0 Å². The summed E-state index contributed by atoms with van der Waals surface area (Å²) in [7, 11) is 0. The Morgan fingerprint density at radius 3 is 3.31 bits per heavy atom. The Morgan fingerprint density at radius 1 is 1.62 bits per heavy atom. The largest absolute Gasteiger partial charge is 0.345 e. The van der Waals surface area contributed by atoms with Gasteiger partial charge in [-0.05, 0) is 12.1 Å². The van der Waals surface area contributed by atoms with E-state index in [1.54, 1.807) is 13.1 Å². The Morgan fingerprint density at radius 2 is 2.50 bits per heavy atom. The van der Waals surface area contributed by atoms with Crippen molar-refractivity contribution in [2.45, 2.75) is 6.92 Å². The van der Waals surface area contributed by atoms with Gasteiger partial charge in [-0.25, -0.2) is 9.97 Å². The van der Waals surface area contributed by atoms with Gasteiger partial charge in [-0.15, -0.1) is 0 Å². The number of aromatic amines is 1. The van der Waals surface area contributed by atoms with Crippen LogP contribution in [0.3, 0.4) is 0 Å². The van der Waals surface area contributed by atoms with Crippen LogP contribution in [0.1, 0.15) is 12.6 Å². The van der Waals surface area contributed by atoms with Gasteiger partial charge in [-0.3, -0.25) is 4.79 Å².